The minimum absolute atomic E-state index is 0.0163. The van der Waals surface area contributed by atoms with Gasteiger partial charge in [-0.15, -0.1) is 11.3 Å². The van der Waals surface area contributed by atoms with Crippen LogP contribution in [-0.4, -0.2) is 32.7 Å². The summed E-state index contributed by atoms with van der Waals surface area (Å²) in [7, 11) is -4.21. The number of benzene rings is 1. The number of carbonyl (C=O) groups excluding carboxylic acids is 2. The summed E-state index contributed by atoms with van der Waals surface area (Å²) in [5.74, 6) is -0.420. The zero-order valence-electron chi connectivity index (χ0n) is 17.4. The molecular weight excluding hydrogens is 496 g/mol. The number of anilines is 3. The molecule has 2 aromatic heterocycles. The van der Waals surface area contributed by atoms with Crippen molar-refractivity contribution in [3.8, 4) is 11.5 Å². The standard InChI is InChI=1S/C19H17ClN4O7S2/c1-8-9(2)14(16-15(29-7-30-16)13(8)21-6-25)22-18(26)17-11(4-5-32-17)33(27,28)24-19-12(20)10(3)23-31-19/h4-6,24H,7H2,1-3H3,(H,21,25)(H,22,26). The molecule has 11 nitrogen and oxygen atoms in total. The first kappa shape index (κ1) is 22.9. The van der Waals surface area contributed by atoms with Gasteiger partial charge in [-0.1, -0.05) is 16.8 Å². The Morgan fingerprint density at radius 1 is 1.18 bits per heavy atom. The Hall–Kier alpha value is -3.29. The third kappa shape index (κ3) is 3.98. The summed E-state index contributed by atoms with van der Waals surface area (Å²) in [6.45, 7) is 4.92. The normalized spacial score (nSPS) is 12.5. The molecular formula is C19H17ClN4O7S2. The van der Waals surface area contributed by atoms with Gasteiger partial charge in [0.15, 0.2) is 11.5 Å². The SMILES string of the molecule is Cc1noc(NS(=O)(=O)c2ccsc2C(=O)Nc2c(C)c(C)c(NC=O)c3c2OCO3)c1Cl. The first-order valence-electron chi connectivity index (χ1n) is 9.32. The number of rotatable bonds is 7. The van der Waals surface area contributed by atoms with Crippen LogP contribution in [0.15, 0.2) is 20.9 Å². The summed E-state index contributed by atoms with van der Waals surface area (Å²) in [5.41, 5.74) is 2.31. The highest BCUT2D eigenvalue weighted by Crippen LogP contribution is 2.49. The van der Waals surface area contributed by atoms with Crippen LogP contribution in [0.25, 0.3) is 0 Å². The lowest BCUT2D eigenvalue weighted by atomic mass is 10.0. The fraction of sp³-hybridized carbons (Fsp3) is 0.211. The Morgan fingerprint density at radius 3 is 2.48 bits per heavy atom. The predicted octanol–water partition coefficient (Wildman–Crippen LogP) is 3.66. The summed E-state index contributed by atoms with van der Waals surface area (Å²) in [4.78, 5) is 23.8. The Kier molecular flexibility index (Phi) is 5.95. The van der Waals surface area contributed by atoms with Crippen LogP contribution in [0.5, 0.6) is 11.5 Å². The predicted molar refractivity (Wildman–Crippen MR) is 121 cm³/mol. The van der Waals surface area contributed by atoms with Crippen molar-refractivity contribution in [2.75, 3.05) is 22.1 Å². The molecule has 0 atom stereocenters. The maximum absolute atomic E-state index is 13.1. The number of thiophene rings is 1. The lowest BCUT2D eigenvalue weighted by Gasteiger charge is -2.17. The van der Waals surface area contributed by atoms with Crippen molar-refractivity contribution in [3.05, 3.63) is 38.2 Å². The largest absolute Gasteiger partial charge is 0.451 e. The van der Waals surface area contributed by atoms with E-state index < -0.39 is 15.9 Å². The molecule has 4 rings (SSSR count). The average molecular weight is 513 g/mol. The Labute approximate surface area is 197 Å². The van der Waals surface area contributed by atoms with Gasteiger partial charge in [0, 0.05) is 0 Å². The van der Waals surface area contributed by atoms with E-state index in [-0.39, 0.29) is 39.0 Å². The van der Waals surface area contributed by atoms with Crippen molar-refractivity contribution in [1.29, 1.82) is 0 Å². The number of amides is 2. The first-order valence-corrected chi connectivity index (χ1v) is 12.1. The van der Waals surface area contributed by atoms with Crippen LogP contribution in [0.4, 0.5) is 17.3 Å². The smallest absolute Gasteiger partial charge is 0.267 e. The van der Waals surface area contributed by atoms with Crippen LogP contribution in [0, 0.1) is 20.8 Å². The quantitative estimate of drug-likeness (QED) is 0.406. The van der Waals surface area contributed by atoms with Crippen molar-refractivity contribution in [1.82, 2.24) is 5.16 Å². The molecule has 0 fully saturated rings. The second kappa shape index (κ2) is 8.57. The van der Waals surface area contributed by atoms with Crippen molar-refractivity contribution in [3.63, 3.8) is 0 Å². The number of ether oxygens (including phenoxy) is 2. The van der Waals surface area contributed by atoms with Crippen LogP contribution < -0.4 is 24.8 Å². The lowest BCUT2D eigenvalue weighted by Crippen LogP contribution is -2.19. The van der Waals surface area contributed by atoms with E-state index in [0.717, 1.165) is 11.3 Å². The lowest BCUT2D eigenvalue weighted by molar-refractivity contribution is -0.105. The van der Waals surface area contributed by atoms with Gasteiger partial charge in [-0.3, -0.25) is 9.59 Å². The van der Waals surface area contributed by atoms with Crippen LogP contribution >= 0.6 is 22.9 Å². The van der Waals surface area contributed by atoms with Crippen LogP contribution in [0.3, 0.4) is 0 Å². The molecule has 3 aromatic rings. The molecule has 1 aliphatic rings. The van der Waals surface area contributed by atoms with Gasteiger partial charge in [0.1, 0.15) is 20.5 Å². The molecule has 0 aliphatic carbocycles. The van der Waals surface area contributed by atoms with E-state index in [4.69, 9.17) is 25.6 Å². The van der Waals surface area contributed by atoms with Crippen molar-refractivity contribution in [2.24, 2.45) is 0 Å². The summed E-state index contributed by atoms with van der Waals surface area (Å²) in [5, 5.41) is 10.4. The van der Waals surface area contributed by atoms with Gasteiger partial charge >= 0.3 is 0 Å². The van der Waals surface area contributed by atoms with Gasteiger partial charge in [-0.05, 0) is 43.3 Å². The Balaban J connectivity index is 1.68. The molecule has 1 aromatic carbocycles. The molecule has 1 aliphatic heterocycles. The van der Waals surface area contributed by atoms with E-state index in [9.17, 15) is 18.0 Å². The highest BCUT2D eigenvalue weighted by molar-refractivity contribution is 7.93. The number of sulfonamides is 1. The topological polar surface area (TPSA) is 149 Å². The molecule has 174 valence electrons. The van der Waals surface area contributed by atoms with E-state index in [1.165, 1.54) is 11.4 Å². The molecule has 0 saturated carbocycles. The molecule has 0 radical (unpaired) electrons. The van der Waals surface area contributed by atoms with E-state index in [0.29, 0.717) is 34.6 Å². The number of nitrogens with one attached hydrogen (secondary N) is 3. The van der Waals surface area contributed by atoms with E-state index in [1.54, 1.807) is 20.8 Å². The third-order valence-corrected chi connectivity index (χ3v) is 7.82. The van der Waals surface area contributed by atoms with Crippen molar-refractivity contribution in [2.45, 2.75) is 25.7 Å². The highest BCUT2D eigenvalue weighted by Gasteiger charge is 2.31. The molecule has 3 N–H and O–H groups in total. The van der Waals surface area contributed by atoms with Gasteiger partial charge in [0.25, 0.3) is 21.8 Å². The monoisotopic (exact) mass is 512 g/mol. The van der Waals surface area contributed by atoms with Crippen LogP contribution in [-0.2, 0) is 14.8 Å². The molecule has 33 heavy (non-hydrogen) atoms. The fourth-order valence-corrected chi connectivity index (χ4v) is 5.68. The average Bonchev–Trinajstić information content (AvgIpc) is 3.51. The molecule has 0 saturated heterocycles. The number of hydrogen-bond acceptors (Lipinski definition) is 9. The van der Waals surface area contributed by atoms with Gasteiger partial charge in [-0.2, -0.15) is 0 Å². The summed E-state index contributed by atoms with van der Waals surface area (Å²) < 4.78 is 43.9. The summed E-state index contributed by atoms with van der Waals surface area (Å²) in [6, 6.07) is 1.29. The summed E-state index contributed by atoms with van der Waals surface area (Å²) >= 11 is 6.93. The number of fused-ring (bicyclic) bond motifs is 1. The zero-order valence-corrected chi connectivity index (χ0v) is 19.8. The van der Waals surface area contributed by atoms with Crippen LogP contribution in [0.1, 0.15) is 26.5 Å². The van der Waals surface area contributed by atoms with Gasteiger partial charge in [0.2, 0.25) is 13.2 Å². The van der Waals surface area contributed by atoms with Crippen LogP contribution in [0.2, 0.25) is 5.02 Å². The number of aryl methyl sites for hydroxylation is 1. The minimum atomic E-state index is -4.21. The number of nitrogens with zero attached hydrogens (tertiary/aromatic N) is 1. The number of halogens is 1. The Bertz CT molecular complexity index is 1380. The van der Waals surface area contributed by atoms with Gasteiger partial charge in [0.05, 0.1) is 11.4 Å². The fourth-order valence-electron chi connectivity index (χ4n) is 3.19. The van der Waals surface area contributed by atoms with Crippen molar-refractivity contribution >= 4 is 62.5 Å². The number of aromatic nitrogens is 1. The molecule has 3 heterocycles. The van der Waals surface area contributed by atoms with E-state index in [2.05, 4.69) is 20.5 Å². The second-order valence-corrected chi connectivity index (χ2v) is 9.86. The number of hydrogen-bond donors (Lipinski definition) is 3. The number of carbonyl (C=O) groups is 2. The van der Waals surface area contributed by atoms with E-state index >= 15 is 0 Å². The molecule has 14 heteroatoms. The Morgan fingerprint density at radius 2 is 1.85 bits per heavy atom. The zero-order chi connectivity index (χ0) is 23.9. The second-order valence-electron chi connectivity index (χ2n) is 6.91. The minimum Gasteiger partial charge on any atom is -0.451 e. The van der Waals surface area contributed by atoms with E-state index in [1.807, 2.05) is 0 Å². The van der Waals surface area contributed by atoms with Crippen molar-refractivity contribution < 1.29 is 32.0 Å². The maximum Gasteiger partial charge on any atom is 0.267 e. The third-order valence-electron chi connectivity index (χ3n) is 4.96. The molecule has 0 bridgehead atoms. The summed E-state index contributed by atoms with van der Waals surface area (Å²) in [6.07, 6.45) is 0.514. The highest BCUT2D eigenvalue weighted by atomic mass is 35.5. The molecule has 0 spiro atoms. The van der Waals surface area contributed by atoms with Gasteiger partial charge in [-0.25, -0.2) is 13.1 Å². The van der Waals surface area contributed by atoms with Gasteiger partial charge < -0.3 is 24.6 Å². The first-order chi connectivity index (χ1) is 15.7. The molecule has 0 unspecified atom stereocenters. The maximum atomic E-state index is 13.1. The molecule has 2 amide bonds.